The SMILES string of the molecule is CC(C)(C)OCCOCc1cc(N)cc(Br)c1. The number of nitrogen functional groups attached to an aromatic ring is 1. The number of ether oxygens (including phenoxy) is 2. The van der Waals surface area contributed by atoms with Crippen LogP contribution in [0.2, 0.25) is 0 Å². The van der Waals surface area contributed by atoms with Gasteiger partial charge in [-0.2, -0.15) is 0 Å². The molecular weight excluding hydrogens is 282 g/mol. The summed E-state index contributed by atoms with van der Waals surface area (Å²) in [7, 11) is 0. The summed E-state index contributed by atoms with van der Waals surface area (Å²) in [6.45, 7) is 7.83. The van der Waals surface area contributed by atoms with Crippen LogP contribution < -0.4 is 5.73 Å². The lowest BCUT2D eigenvalue weighted by molar-refractivity contribution is -0.0376. The Hall–Kier alpha value is -0.580. The maximum Gasteiger partial charge on any atom is 0.0719 e. The van der Waals surface area contributed by atoms with Crippen molar-refractivity contribution in [3.05, 3.63) is 28.2 Å². The molecule has 0 radical (unpaired) electrons. The number of rotatable bonds is 5. The van der Waals surface area contributed by atoms with Gasteiger partial charge >= 0.3 is 0 Å². The van der Waals surface area contributed by atoms with Gasteiger partial charge in [0, 0.05) is 10.2 Å². The van der Waals surface area contributed by atoms with Gasteiger partial charge in [0.1, 0.15) is 0 Å². The van der Waals surface area contributed by atoms with Gasteiger partial charge < -0.3 is 15.2 Å². The van der Waals surface area contributed by atoms with E-state index in [1.165, 1.54) is 0 Å². The van der Waals surface area contributed by atoms with Gasteiger partial charge in [0.25, 0.3) is 0 Å². The standard InChI is InChI=1S/C13H20BrNO2/c1-13(2,3)17-5-4-16-9-10-6-11(14)8-12(15)7-10/h6-8H,4-5,9,15H2,1-3H3. The average Bonchev–Trinajstić information content (AvgIpc) is 2.13. The van der Waals surface area contributed by atoms with Crippen molar-refractivity contribution in [3.8, 4) is 0 Å². The minimum absolute atomic E-state index is 0.108. The Labute approximate surface area is 111 Å². The van der Waals surface area contributed by atoms with Crippen molar-refractivity contribution in [1.82, 2.24) is 0 Å². The molecule has 0 unspecified atom stereocenters. The van der Waals surface area contributed by atoms with E-state index in [0.717, 1.165) is 15.7 Å². The molecule has 3 nitrogen and oxygen atoms in total. The number of benzene rings is 1. The third-order valence-corrected chi connectivity index (χ3v) is 2.47. The second-order valence-electron chi connectivity index (χ2n) is 4.91. The van der Waals surface area contributed by atoms with Gasteiger partial charge in [0.15, 0.2) is 0 Å². The van der Waals surface area contributed by atoms with E-state index in [2.05, 4.69) is 15.9 Å². The fourth-order valence-electron chi connectivity index (χ4n) is 1.36. The van der Waals surface area contributed by atoms with Gasteiger partial charge in [-0.05, 0) is 44.5 Å². The van der Waals surface area contributed by atoms with E-state index in [1.54, 1.807) is 0 Å². The summed E-state index contributed by atoms with van der Waals surface area (Å²) in [5.41, 5.74) is 7.43. The van der Waals surface area contributed by atoms with E-state index in [0.29, 0.717) is 19.8 Å². The summed E-state index contributed by atoms with van der Waals surface area (Å²) in [6.07, 6.45) is 0. The first-order valence-electron chi connectivity index (χ1n) is 5.63. The maximum atomic E-state index is 5.74. The van der Waals surface area contributed by atoms with Gasteiger partial charge in [-0.3, -0.25) is 0 Å². The lowest BCUT2D eigenvalue weighted by Crippen LogP contribution is -2.21. The van der Waals surface area contributed by atoms with Crippen LogP contribution in [-0.4, -0.2) is 18.8 Å². The van der Waals surface area contributed by atoms with Crippen LogP contribution in [-0.2, 0) is 16.1 Å². The molecule has 4 heteroatoms. The van der Waals surface area contributed by atoms with Crippen LogP contribution in [0.3, 0.4) is 0 Å². The van der Waals surface area contributed by atoms with E-state index >= 15 is 0 Å². The van der Waals surface area contributed by atoms with Crippen LogP contribution >= 0.6 is 15.9 Å². The Kier molecular flexibility index (Phi) is 5.43. The second kappa shape index (κ2) is 6.38. The molecule has 0 spiro atoms. The highest BCUT2D eigenvalue weighted by Crippen LogP contribution is 2.17. The molecule has 0 saturated heterocycles. The molecule has 1 aromatic carbocycles. The van der Waals surface area contributed by atoms with E-state index in [4.69, 9.17) is 15.2 Å². The summed E-state index contributed by atoms with van der Waals surface area (Å²) in [5, 5.41) is 0. The van der Waals surface area contributed by atoms with E-state index < -0.39 is 0 Å². The molecule has 0 saturated carbocycles. The van der Waals surface area contributed by atoms with Crippen LogP contribution in [0.25, 0.3) is 0 Å². The molecule has 96 valence electrons. The number of halogens is 1. The molecule has 17 heavy (non-hydrogen) atoms. The zero-order valence-electron chi connectivity index (χ0n) is 10.6. The topological polar surface area (TPSA) is 44.5 Å². The molecule has 0 fully saturated rings. The van der Waals surface area contributed by atoms with Crippen molar-refractivity contribution < 1.29 is 9.47 Å². The van der Waals surface area contributed by atoms with E-state index in [-0.39, 0.29) is 5.60 Å². The summed E-state index contributed by atoms with van der Waals surface area (Å²) >= 11 is 3.40. The van der Waals surface area contributed by atoms with Crippen LogP contribution in [0.15, 0.2) is 22.7 Å². The smallest absolute Gasteiger partial charge is 0.0719 e. The first-order valence-corrected chi connectivity index (χ1v) is 6.43. The Morgan fingerprint density at radius 1 is 1.18 bits per heavy atom. The predicted octanol–water partition coefficient (Wildman–Crippen LogP) is 3.36. The van der Waals surface area contributed by atoms with Crippen LogP contribution in [0.5, 0.6) is 0 Å². The quantitative estimate of drug-likeness (QED) is 0.670. The monoisotopic (exact) mass is 301 g/mol. The Bertz CT molecular complexity index is 341. The van der Waals surface area contributed by atoms with Crippen molar-refractivity contribution in [1.29, 1.82) is 0 Å². The highest BCUT2D eigenvalue weighted by atomic mass is 79.9. The molecule has 0 aliphatic heterocycles. The minimum Gasteiger partial charge on any atom is -0.399 e. The lowest BCUT2D eigenvalue weighted by Gasteiger charge is -2.19. The molecule has 1 rings (SSSR count). The van der Waals surface area contributed by atoms with Gasteiger partial charge in [-0.15, -0.1) is 0 Å². The highest BCUT2D eigenvalue weighted by Gasteiger charge is 2.08. The van der Waals surface area contributed by atoms with Gasteiger partial charge in [0.2, 0.25) is 0 Å². The third-order valence-electron chi connectivity index (χ3n) is 2.01. The Morgan fingerprint density at radius 2 is 1.88 bits per heavy atom. The van der Waals surface area contributed by atoms with Crippen LogP contribution in [0.4, 0.5) is 5.69 Å². The normalized spacial score (nSPS) is 11.8. The number of anilines is 1. The molecule has 2 N–H and O–H groups in total. The predicted molar refractivity (Wildman–Crippen MR) is 73.9 cm³/mol. The Balaban J connectivity index is 2.27. The summed E-state index contributed by atoms with van der Waals surface area (Å²) < 4.78 is 12.1. The molecular formula is C13H20BrNO2. The molecule has 0 heterocycles. The van der Waals surface area contributed by atoms with Gasteiger partial charge in [-0.25, -0.2) is 0 Å². The van der Waals surface area contributed by atoms with Crippen molar-refractivity contribution in [2.24, 2.45) is 0 Å². The van der Waals surface area contributed by atoms with E-state index in [1.807, 2.05) is 39.0 Å². The molecule has 1 aromatic rings. The first kappa shape index (κ1) is 14.5. The fourth-order valence-corrected chi connectivity index (χ4v) is 1.91. The van der Waals surface area contributed by atoms with Crippen molar-refractivity contribution in [3.63, 3.8) is 0 Å². The first-order chi connectivity index (χ1) is 7.87. The number of hydrogen-bond donors (Lipinski definition) is 1. The summed E-state index contributed by atoms with van der Waals surface area (Å²) in [6, 6.07) is 5.78. The Morgan fingerprint density at radius 3 is 2.47 bits per heavy atom. The van der Waals surface area contributed by atoms with Crippen molar-refractivity contribution >= 4 is 21.6 Å². The van der Waals surface area contributed by atoms with Crippen LogP contribution in [0.1, 0.15) is 26.3 Å². The van der Waals surface area contributed by atoms with E-state index in [9.17, 15) is 0 Å². The van der Waals surface area contributed by atoms with Crippen molar-refractivity contribution in [2.45, 2.75) is 33.0 Å². The number of hydrogen-bond acceptors (Lipinski definition) is 3. The molecule has 0 amide bonds. The second-order valence-corrected chi connectivity index (χ2v) is 5.82. The average molecular weight is 302 g/mol. The molecule has 0 aliphatic carbocycles. The molecule has 0 bridgehead atoms. The zero-order valence-corrected chi connectivity index (χ0v) is 12.2. The van der Waals surface area contributed by atoms with Gasteiger partial charge in [-0.1, -0.05) is 15.9 Å². The summed E-state index contributed by atoms with van der Waals surface area (Å²) in [4.78, 5) is 0. The highest BCUT2D eigenvalue weighted by molar-refractivity contribution is 9.10. The largest absolute Gasteiger partial charge is 0.399 e. The lowest BCUT2D eigenvalue weighted by atomic mass is 10.2. The van der Waals surface area contributed by atoms with Gasteiger partial charge in [0.05, 0.1) is 25.4 Å². The number of nitrogens with two attached hydrogens (primary N) is 1. The summed E-state index contributed by atoms with van der Waals surface area (Å²) in [5.74, 6) is 0. The molecule has 0 aromatic heterocycles. The molecule has 0 aliphatic rings. The molecule has 0 atom stereocenters. The third kappa shape index (κ3) is 6.66. The minimum atomic E-state index is -0.108. The van der Waals surface area contributed by atoms with Crippen molar-refractivity contribution in [2.75, 3.05) is 18.9 Å². The maximum absolute atomic E-state index is 5.74. The fraction of sp³-hybridized carbons (Fsp3) is 0.538. The zero-order chi connectivity index (χ0) is 12.9. The van der Waals surface area contributed by atoms with Crippen LogP contribution in [0, 0.1) is 0 Å².